The van der Waals surface area contributed by atoms with Gasteiger partial charge in [-0.05, 0) is 12.5 Å². The molecule has 0 amide bonds. The predicted molar refractivity (Wildman–Crippen MR) is 57.1 cm³/mol. The molecule has 14 heavy (non-hydrogen) atoms. The van der Waals surface area contributed by atoms with Crippen molar-refractivity contribution in [2.45, 2.75) is 26.7 Å². The number of nitrogens with one attached hydrogen (secondary N) is 1. The number of hydrogen-bond donors (Lipinski definition) is 2. The number of furan rings is 1. The highest BCUT2D eigenvalue weighted by molar-refractivity contribution is 5.99. The largest absolute Gasteiger partial charge is 0.469 e. The molecule has 0 aliphatic carbocycles. The summed E-state index contributed by atoms with van der Waals surface area (Å²) >= 11 is 0. The fourth-order valence-electron chi connectivity index (χ4n) is 1.26. The monoisotopic (exact) mass is 195 g/mol. The van der Waals surface area contributed by atoms with E-state index in [0.29, 0.717) is 5.84 Å². The molecule has 0 radical (unpaired) electrons. The lowest BCUT2D eigenvalue weighted by atomic mass is 10.2. The van der Waals surface area contributed by atoms with Crippen LogP contribution in [0.4, 0.5) is 0 Å². The average Bonchev–Trinajstić information content (AvgIpc) is 2.67. The Labute approximate surface area is 84.2 Å². The van der Waals surface area contributed by atoms with Crippen molar-refractivity contribution in [3.63, 3.8) is 0 Å². The van der Waals surface area contributed by atoms with Gasteiger partial charge in [-0.3, -0.25) is 4.99 Å². The Bertz CT molecular complexity index is 304. The van der Waals surface area contributed by atoms with Gasteiger partial charge < -0.3 is 9.84 Å². The first-order valence-corrected chi connectivity index (χ1v) is 4.91. The molecular formula is C10H17N3O. The highest BCUT2D eigenvalue weighted by Crippen LogP contribution is 2.11. The maximum Gasteiger partial charge on any atom is 0.146 e. The second-order valence-electron chi connectivity index (χ2n) is 2.99. The maximum absolute atomic E-state index is 5.41. The van der Waals surface area contributed by atoms with Crippen LogP contribution in [-0.2, 0) is 6.42 Å². The molecule has 1 heterocycles. The van der Waals surface area contributed by atoms with Crippen molar-refractivity contribution in [3.05, 3.63) is 23.7 Å². The SMILES string of the molecule is CCCN=C(NN)c1ccoc1CC. The predicted octanol–water partition coefficient (Wildman–Crippen LogP) is 1.46. The van der Waals surface area contributed by atoms with Gasteiger partial charge in [0.1, 0.15) is 11.6 Å². The molecule has 0 unspecified atom stereocenters. The van der Waals surface area contributed by atoms with Crippen LogP contribution in [0.25, 0.3) is 0 Å². The third-order valence-electron chi connectivity index (χ3n) is 1.95. The molecule has 1 aromatic rings. The van der Waals surface area contributed by atoms with E-state index >= 15 is 0 Å². The van der Waals surface area contributed by atoms with E-state index in [1.807, 2.05) is 13.0 Å². The molecule has 4 heteroatoms. The first-order chi connectivity index (χ1) is 6.83. The molecule has 0 saturated carbocycles. The second kappa shape index (κ2) is 5.44. The Kier molecular flexibility index (Phi) is 4.19. The van der Waals surface area contributed by atoms with Crippen LogP contribution in [0.3, 0.4) is 0 Å². The molecule has 78 valence electrons. The summed E-state index contributed by atoms with van der Waals surface area (Å²) in [6, 6.07) is 1.88. The number of hydrogen-bond acceptors (Lipinski definition) is 3. The summed E-state index contributed by atoms with van der Waals surface area (Å²) in [4.78, 5) is 4.33. The maximum atomic E-state index is 5.41. The minimum Gasteiger partial charge on any atom is -0.469 e. The van der Waals surface area contributed by atoms with Crippen LogP contribution in [0.5, 0.6) is 0 Å². The van der Waals surface area contributed by atoms with E-state index in [1.54, 1.807) is 6.26 Å². The molecule has 0 fully saturated rings. The highest BCUT2D eigenvalue weighted by atomic mass is 16.3. The average molecular weight is 195 g/mol. The third kappa shape index (κ3) is 2.35. The molecule has 0 saturated heterocycles. The molecular weight excluding hydrogens is 178 g/mol. The minimum atomic E-state index is 0.706. The van der Waals surface area contributed by atoms with Crippen molar-refractivity contribution in [3.8, 4) is 0 Å². The van der Waals surface area contributed by atoms with Crippen LogP contribution in [-0.4, -0.2) is 12.4 Å². The van der Waals surface area contributed by atoms with Crippen LogP contribution in [0.1, 0.15) is 31.6 Å². The van der Waals surface area contributed by atoms with Gasteiger partial charge in [0.2, 0.25) is 0 Å². The van der Waals surface area contributed by atoms with E-state index in [2.05, 4.69) is 17.3 Å². The zero-order valence-electron chi connectivity index (χ0n) is 8.71. The topological polar surface area (TPSA) is 63.5 Å². The summed E-state index contributed by atoms with van der Waals surface area (Å²) in [6.07, 6.45) is 3.51. The number of amidine groups is 1. The molecule has 0 aromatic carbocycles. The Morgan fingerprint density at radius 1 is 1.57 bits per heavy atom. The Morgan fingerprint density at radius 3 is 2.93 bits per heavy atom. The van der Waals surface area contributed by atoms with Crippen molar-refractivity contribution in [1.29, 1.82) is 0 Å². The normalized spacial score (nSPS) is 11.8. The highest BCUT2D eigenvalue weighted by Gasteiger charge is 2.09. The van der Waals surface area contributed by atoms with E-state index in [0.717, 1.165) is 30.7 Å². The summed E-state index contributed by atoms with van der Waals surface area (Å²) in [6.45, 7) is 4.89. The first-order valence-electron chi connectivity index (χ1n) is 4.91. The molecule has 1 aromatic heterocycles. The molecule has 0 atom stereocenters. The number of hydrazine groups is 1. The fourth-order valence-corrected chi connectivity index (χ4v) is 1.26. The van der Waals surface area contributed by atoms with Crippen LogP contribution in [0.2, 0.25) is 0 Å². The van der Waals surface area contributed by atoms with Gasteiger partial charge >= 0.3 is 0 Å². The first kappa shape index (κ1) is 10.8. The second-order valence-corrected chi connectivity index (χ2v) is 2.99. The van der Waals surface area contributed by atoms with Gasteiger partial charge in [0.25, 0.3) is 0 Å². The van der Waals surface area contributed by atoms with Crippen molar-refractivity contribution in [2.75, 3.05) is 6.54 Å². The lowest BCUT2D eigenvalue weighted by Crippen LogP contribution is -2.31. The quantitative estimate of drug-likeness (QED) is 0.331. The summed E-state index contributed by atoms with van der Waals surface area (Å²) in [7, 11) is 0. The Morgan fingerprint density at radius 2 is 2.36 bits per heavy atom. The zero-order chi connectivity index (χ0) is 10.4. The Balaban J connectivity index is 2.88. The van der Waals surface area contributed by atoms with Crippen molar-refractivity contribution in [2.24, 2.45) is 10.8 Å². The third-order valence-corrected chi connectivity index (χ3v) is 1.95. The number of aliphatic imine (C=N–C) groups is 1. The Hall–Kier alpha value is -1.29. The van der Waals surface area contributed by atoms with Crippen LogP contribution in [0, 0.1) is 0 Å². The molecule has 0 spiro atoms. The molecule has 1 rings (SSSR count). The van der Waals surface area contributed by atoms with Crippen LogP contribution in [0.15, 0.2) is 21.7 Å². The van der Waals surface area contributed by atoms with Gasteiger partial charge in [-0.25, -0.2) is 5.84 Å². The number of nitrogens with zero attached hydrogens (tertiary/aromatic N) is 1. The molecule has 0 aliphatic heterocycles. The van der Waals surface area contributed by atoms with Crippen molar-refractivity contribution >= 4 is 5.84 Å². The number of aryl methyl sites for hydroxylation is 1. The van der Waals surface area contributed by atoms with Gasteiger partial charge in [-0.2, -0.15) is 0 Å². The van der Waals surface area contributed by atoms with E-state index in [1.165, 1.54) is 0 Å². The minimum absolute atomic E-state index is 0.706. The zero-order valence-corrected chi connectivity index (χ0v) is 8.71. The van der Waals surface area contributed by atoms with E-state index in [9.17, 15) is 0 Å². The fraction of sp³-hybridized carbons (Fsp3) is 0.500. The standard InChI is InChI=1S/C10H17N3O/c1-3-6-12-10(13-11)8-5-7-14-9(8)4-2/h5,7H,3-4,6,11H2,1-2H3,(H,12,13). The van der Waals surface area contributed by atoms with Gasteiger partial charge in [0, 0.05) is 13.0 Å². The smallest absolute Gasteiger partial charge is 0.146 e. The molecule has 3 N–H and O–H groups in total. The van der Waals surface area contributed by atoms with Crippen LogP contribution < -0.4 is 11.3 Å². The lowest BCUT2D eigenvalue weighted by molar-refractivity contribution is 0.515. The van der Waals surface area contributed by atoms with Crippen molar-refractivity contribution in [1.82, 2.24) is 5.43 Å². The van der Waals surface area contributed by atoms with Gasteiger partial charge in [0.05, 0.1) is 11.8 Å². The van der Waals surface area contributed by atoms with Crippen LogP contribution >= 0.6 is 0 Å². The summed E-state index contributed by atoms with van der Waals surface area (Å²) in [5.41, 5.74) is 3.57. The van der Waals surface area contributed by atoms with Gasteiger partial charge in [-0.1, -0.05) is 13.8 Å². The molecule has 0 aliphatic rings. The van der Waals surface area contributed by atoms with E-state index in [-0.39, 0.29) is 0 Å². The van der Waals surface area contributed by atoms with Crippen molar-refractivity contribution < 1.29 is 4.42 Å². The van der Waals surface area contributed by atoms with E-state index < -0.39 is 0 Å². The number of rotatable bonds is 4. The number of nitrogens with two attached hydrogens (primary N) is 1. The summed E-state index contributed by atoms with van der Waals surface area (Å²) in [5.74, 6) is 7.03. The van der Waals surface area contributed by atoms with E-state index in [4.69, 9.17) is 10.3 Å². The lowest BCUT2D eigenvalue weighted by Gasteiger charge is -2.04. The summed E-state index contributed by atoms with van der Waals surface area (Å²) in [5, 5.41) is 0. The van der Waals surface area contributed by atoms with Gasteiger partial charge in [0.15, 0.2) is 0 Å². The van der Waals surface area contributed by atoms with Gasteiger partial charge in [-0.15, -0.1) is 0 Å². The summed E-state index contributed by atoms with van der Waals surface area (Å²) < 4.78 is 5.30. The molecule has 0 bridgehead atoms. The molecule has 4 nitrogen and oxygen atoms in total.